The molecule has 0 N–H and O–H groups in total. The number of halogens is 1. The first kappa shape index (κ1) is 24.0. The standard InChI is InChI=1S/C29H26BrNO6/c1-17-27-20(13-31(15-35-27)8-7-18-3-5-23(33-2)6-4-18)11-24-26(32)25(37-28(17)24)12-19-9-22(30)10-21-14-34-16-36-29(19)21/h3-6,9-12H,7-8,13-16H2,1-2H3/b25-12-. The minimum Gasteiger partial charge on any atom is -0.497 e. The van der Waals surface area contributed by atoms with Crippen LogP contribution in [0.5, 0.6) is 23.0 Å². The van der Waals surface area contributed by atoms with E-state index in [0.29, 0.717) is 36.9 Å². The van der Waals surface area contributed by atoms with Gasteiger partial charge in [0, 0.05) is 39.8 Å². The van der Waals surface area contributed by atoms with E-state index >= 15 is 0 Å². The van der Waals surface area contributed by atoms with Crippen LogP contribution in [0.3, 0.4) is 0 Å². The van der Waals surface area contributed by atoms with E-state index in [-0.39, 0.29) is 18.3 Å². The number of hydrogen-bond donors (Lipinski definition) is 0. The van der Waals surface area contributed by atoms with Crippen molar-refractivity contribution in [2.45, 2.75) is 26.5 Å². The van der Waals surface area contributed by atoms with E-state index in [1.807, 2.05) is 37.3 Å². The molecule has 3 aromatic rings. The molecule has 3 aliphatic heterocycles. The predicted molar refractivity (Wildman–Crippen MR) is 141 cm³/mol. The normalized spacial score (nSPS) is 17.4. The molecule has 37 heavy (non-hydrogen) atoms. The number of methoxy groups -OCH3 is 1. The maximum atomic E-state index is 13.4. The second-order valence-electron chi connectivity index (χ2n) is 9.32. The Balaban J connectivity index is 1.23. The van der Waals surface area contributed by atoms with Gasteiger partial charge in [-0.3, -0.25) is 9.69 Å². The first-order chi connectivity index (χ1) is 18.0. The van der Waals surface area contributed by atoms with Crippen LogP contribution in [0, 0.1) is 6.92 Å². The number of Topliss-reactive ketones (excluding diaryl/α,β-unsaturated/α-hetero) is 1. The van der Waals surface area contributed by atoms with Crippen LogP contribution in [0.4, 0.5) is 0 Å². The van der Waals surface area contributed by atoms with Crippen molar-refractivity contribution in [1.82, 2.24) is 4.90 Å². The number of hydrogen-bond acceptors (Lipinski definition) is 7. The smallest absolute Gasteiger partial charge is 0.231 e. The summed E-state index contributed by atoms with van der Waals surface area (Å²) in [5.74, 6) is 3.05. The van der Waals surface area contributed by atoms with E-state index in [2.05, 4.69) is 33.0 Å². The van der Waals surface area contributed by atoms with Gasteiger partial charge in [0.2, 0.25) is 5.78 Å². The van der Waals surface area contributed by atoms with Gasteiger partial charge < -0.3 is 23.7 Å². The van der Waals surface area contributed by atoms with Gasteiger partial charge in [-0.1, -0.05) is 28.1 Å². The average molecular weight is 564 g/mol. The van der Waals surface area contributed by atoms with Crippen molar-refractivity contribution in [3.05, 3.63) is 86.1 Å². The number of ketones is 1. The van der Waals surface area contributed by atoms with E-state index in [9.17, 15) is 4.79 Å². The molecule has 3 heterocycles. The van der Waals surface area contributed by atoms with Crippen LogP contribution in [0.15, 0.2) is 52.7 Å². The number of benzene rings is 3. The van der Waals surface area contributed by atoms with Crippen molar-refractivity contribution >= 4 is 27.8 Å². The molecule has 190 valence electrons. The molecule has 0 unspecified atom stereocenters. The highest BCUT2D eigenvalue weighted by Gasteiger charge is 2.34. The van der Waals surface area contributed by atoms with Crippen molar-refractivity contribution in [2.24, 2.45) is 0 Å². The van der Waals surface area contributed by atoms with Crippen LogP contribution in [0.2, 0.25) is 0 Å². The quantitative estimate of drug-likeness (QED) is 0.372. The van der Waals surface area contributed by atoms with E-state index in [1.165, 1.54) is 5.56 Å². The van der Waals surface area contributed by atoms with Crippen molar-refractivity contribution in [3.8, 4) is 23.0 Å². The zero-order chi connectivity index (χ0) is 25.5. The fourth-order valence-electron chi connectivity index (χ4n) is 4.98. The molecular weight excluding hydrogens is 538 g/mol. The third-order valence-corrected chi connectivity index (χ3v) is 7.33. The predicted octanol–water partition coefficient (Wildman–Crippen LogP) is 5.64. The number of allylic oxidation sites excluding steroid dienone is 1. The Kier molecular flexibility index (Phi) is 6.40. The van der Waals surface area contributed by atoms with Crippen molar-refractivity contribution in [3.63, 3.8) is 0 Å². The Morgan fingerprint density at radius 2 is 1.89 bits per heavy atom. The lowest BCUT2D eigenvalue weighted by Gasteiger charge is -2.30. The molecule has 3 aliphatic rings. The molecule has 0 saturated carbocycles. The molecule has 0 aromatic heterocycles. The first-order valence-corrected chi connectivity index (χ1v) is 12.9. The monoisotopic (exact) mass is 563 g/mol. The van der Waals surface area contributed by atoms with E-state index in [0.717, 1.165) is 51.2 Å². The summed E-state index contributed by atoms with van der Waals surface area (Å²) in [5, 5.41) is 0. The third kappa shape index (κ3) is 4.61. The molecule has 0 atom stereocenters. The molecule has 3 aromatic carbocycles. The van der Waals surface area contributed by atoms with Gasteiger partial charge in [-0.25, -0.2) is 0 Å². The van der Waals surface area contributed by atoms with E-state index < -0.39 is 0 Å². The minimum atomic E-state index is -0.142. The molecule has 0 radical (unpaired) electrons. The highest BCUT2D eigenvalue weighted by Crippen LogP contribution is 2.44. The van der Waals surface area contributed by atoms with Gasteiger partial charge in [-0.05, 0) is 55.3 Å². The van der Waals surface area contributed by atoms with Crippen LogP contribution in [-0.4, -0.2) is 37.9 Å². The lowest BCUT2D eigenvalue weighted by Crippen LogP contribution is -2.34. The molecule has 0 bridgehead atoms. The van der Waals surface area contributed by atoms with Crippen LogP contribution in [-0.2, 0) is 24.3 Å². The second-order valence-corrected chi connectivity index (χ2v) is 10.2. The maximum absolute atomic E-state index is 13.4. The Labute approximate surface area is 223 Å². The van der Waals surface area contributed by atoms with Gasteiger partial charge in [0.05, 0.1) is 19.3 Å². The summed E-state index contributed by atoms with van der Waals surface area (Å²) in [6.07, 6.45) is 2.64. The van der Waals surface area contributed by atoms with Gasteiger partial charge in [-0.2, -0.15) is 0 Å². The van der Waals surface area contributed by atoms with Crippen molar-refractivity contribution < 1.29 is 28.5 Å². The summed E-state index contributed by atoms with van der Waals surface area (Å²) in [5.41, 5.74) is 5.34. The fourth-order valence-corrected chi connectivity index (χ4v) is 5.50. The number of carbonyl (C=O) groups excluding carboxylic acids is 1. The molecule has 0 saturated heterocycles. The Morgan fingerprint density at radius 3 is 2.70 bits per heavy atom. The topological polar surface area (TPSA) is 66.5 Å². The lowest BCUT2D eigenvalue weighted by atomic mass is 9.99. The van der Waals surface area contributed by atoms with Gasteiger partial charge in [0.25, 0.3) is 0 Å². The summed E-state index contributed by atoms with van der Waals surface area (Å²) in [6.45, 7) is 4.62. The molecule has 7 nitrogen and oxygen atoms in total. The van der Waals surface area contributed by atoms with Crippen LogP contribution < -0.4 is 18.9 Å². The zero-order valence-corrected chi connectivity index (χ0v) is 22.2. The van der Waals surface area contributed by atoms with Crippen molar-refractivity contribution in [1.29, 1.82) is 0 Å². The van der Waals surface area contributed by atoms with Crippen molar-refractivity contribution in [2.75, 3.05) is 27.2 Å². The summed E-state index contributed by atoms with van der Waals surface area (Å²) in [7, 11) is 1.67. The number of nitrogens with zero attached hydrogens (tertiary/aromatic N) is 1. The molecule has 6 rings (SSSR count). The Morgan fingerprint density at radius 1 is 1.05 bits per heavy atom. The first-order valence-electron chi connectivity index (χ1n) is 12.1. The molecule has 0 aliphatic carbocycles. The molecule has 0 amide bonds. The van der Waals surface area contributed by atoms with Crippen LogP contribution in [0.1, 0.15) is 38.2 Å². The Hall–Kier alpha value is -3.33. The minimum absolute atomic E-state index is 0.142. The second kappa shape index (κ2) is 9.85. The molecule has 8 heteroatoms. The third-order valence-electron chi connectivity index (χ3n) is 6.87. The average Bonchev–Trinajstić information content (AvgIpc) is 3.22. The number of ether oxygens (including phenoxy) is 5. The lowest BCUT2D eigenvalue weighted by molar-refractivity contribution is -0.0165. The molecular formula is C29H26BrNO6. The number of carbonyl (C=O) groups is 1. The summed E-state index contributed by atoms with van der Waals surface area (Å²) in [6, 6.07) is 13.9. The maximum Gasteiger partial charge on any atom is 0.231 e. The largest absolute Gasteiger partial charge is 0.497 e. The number of rotatable bonds is 5. The highest BCUT2D eigenvalue weighted by atomic mass is 79.9. The summed E-state index contributed by atoms with van der Waals surface area (Å²) >= 11 is 3.54. The van der Waals surface area contributed by atoms with E-state index in [1.54, 1.807) is 13.2 Å². The zero-order valence-electron chi connectivity index (χ0n) is 20.6. The van der Waals surface area contributed by atoms with Crippen LogP contribution in [0.25, 0.3) is 6.08 Å². The number of fused-ring (bicyclic) bond motifs is 3. The molecule has 0 spiro atoms. The highest BCUT2D eigenvalue weighted by molar-refractivity contribution is 9.10. The SMILES string of the molecule is COc1ccc(CCN2COc3c(cc4c(c3C)O/C(=C\c3cc(Br)cc5c3OCOC5)C4=O)C2)cc1. The van der Waals surface area contributed by atoms with Gasteiger partial charge in [0.1, 0.15) is 29.7 Å². The fraction of sp³-hybridized carbons (Fsp3) is 0.276. The van der Waals surface area contributed by atoms with Gasteiger partial charge in [0.15, 0.2) is 12.6 Å². The van der Waals surface area contributed by atoms with Crippen LogP contribution >= 0.6 is 15.9 Å². The summed E-state index contributed by atoms with van der Waals surface area (Å²) < 4.78 is 29.5. The molecule has 0 fully saturated rings. The van der Waals surface area contributed by atoms with Gasteiger partial charge in [-0.15, -0.1) is 0 Å². The summed E-state index contributed by atoms with van der Waals surface area (Å²) in [4.78, 5) is 15.6. The van der Waals surface area contributed by atoms with E-state index in [4.69, 9.17) is 23.7 Å². The van der Waals surface area contributed by atoms with Gasteiger partial charge >= 0.3 is 0 Å². The Bertz CT molecular complexity index is 1420.